The van der Waals surface area contributed by atoms with Crippen molar-refractivity contribution in [2.24, 2.45) is 11.7 Å². The molecule has 0 bridgehead atoms. The van der Waals surface area contributed by atoms with E-state index in [2.05, 4.69) is 44.0 Å². The summed E-state index contributed by atoms with van der Waals surface area (Å²) in [7, 11) is 0. The molecule has 2 aromatic rings. The minimum Gasteiger partial charge on any atom is -0.370 e. The number of pyridine rings is 1. The number of aryl methyl sites for hydroxylation is 2. The maximum absolute atomic E-state index is 12.7. The van der Waals surface area contributed by atoms with Gasteiger partial charge >= 0.3 is 0 Å². The van der Waals surface area contributed by atoms with Gasteiger partial charge < -0.3 is 10.6 Å². The number of nitrogens with zero attached hydrogens (tertiary/aromatic N) is 2. The van der Waals surface area contributed by atoms with Crippen molar-refractivity contribution in [3.8, 4) is 0 Å². The van der Waals surface area contributed by atoms with Crippen LogP contribution in [0.25, 0.3) is 0 Å². The largest absolute Gasteiger partial charge is 0.370 e. The van der Waals surface area contributed by atoms with Crippen LogP contribution in [0.5, 0.6) is 0 Å². The highest BCUT2D eigenvalue weighted by molar-refractivity contribution is 9.10. The maximum Gasteiger partial charge on any atom is 0.222 e. The molecular formula is C25H28Br2ClN3O2. The third-order valence-corrected chi connectivity index (χ3v) is 8.15. The molecular weight excluding hydrogens is 570 g/mol. The molecule has 1 atom stereocenters. The fourth-order valence-corrected chi connectivity index (χ4v) is 6.75. The van der Waals surface area contributed by atoms with E-state index >= 15 is 0 Å². The smallest absolute Gasteiger partial charge is 0.222 e. The van der Waals surface area contributed by atoms with Gasteiger partial charge in [-0.2, -0.15) is 0 Å². The quantitative estimate of drug-likeness (QED) is 0.430. The molecule has 0 spiro atoms. The lowest BCUT2D eigenvalue weighted by Crippen LogP contribution is -2.40. The van der Waals surface area contributed by atoms with Crippen molar-refractivity contribution >= 4 is 55.3 Å². The number of primary amides is 1. The average molecular weight is 598 g/mol. The van der Waals surface area contributed by atoms with E-state index in [1.165, 1.54) is 16.7 Å². The summed E-state index contributed by atoms with van der Waals surface area (Å²) >= 11 is 13.8. The van der Waals surface area contributed by atoms with Crippen molar-refractivity contribution in [3.63, 3.8) is 0 Å². The first-order valence-electron chi connectivity index (χ1n) is 11.5. The Kier molecular flexibility index (Phi) is 8.13. The summed E-state index contributed by atoms with van der Waals surface area (Å²) in [6.07, 6.45) is 7.82. The van der Waals surface area contributed by atoms with Crippen LogP contribution < -0.4 is 5.73 Å². The molecule has 0 radical (unpaired) electrons. The predicted octanol–water partition coefficient (Wildman–Crippen LogP) is 5.77. The van der Waals surface area contributed by atoms with E-state index in [0.29, 0.717) is 31.6 Å². The van der Waals surface area contributed by atoms with E-state index < -0.39 is 0 Å². The van der Waals surface area contributed by atoms with Gasteiger partial charge in [-0.05, 0) is 95.3 Å². The third kappa shape index (κ3) is 5.80. The maximum atomic E-state index is 12.7. The average Bonchev–Trinajstić information content (AvgIpc) is 2.93. The summed E-state index contributed by atoms with van der Waals surface area (Å²) in [5, 5.41) is 0.747. The van der Waals surface area contributed by atoms with E-state index in [9.17, 15) is 9.59 Å². The molecule has 0 saturated carbocycles. The van der Waals surface area contributed by atoms with Crippen molar-refractivity contribution < 1.29 is 9.59 Å². The Balaban J connectivity index is 1.53. The minimum atomic E-state index is -0.305. The second-order valence-corrected chi connectivity index (χ2v) is 11.2. The van der Waals surface area contributed by atoms with Gasteiger partial charge in [0.2, 0.25) is 11.8 Å². The fourth-order valence-electron chi connectivity index (χ4n) is 5.25. The highest BCUT2D eigenvalue weighted by Gasteiger charge is 2.36. The molecule has 176 valence electrons. The number of benzene rings is 1. The molecule has 8 heteroatoms. The first-order valence-corrected chi connectivity index (χ1v) is 13.5. The van der Waals surface area contributed by atoms with E-state index in [0.717, 1.165) is 58.4 Å². The Morgan fingerprint density at radius 2 is 1.76 bits per heavy atom. The fraction of sp³-hybridized carbons (Fsp3) is 0.480. The lowest BCUT2D eigenvalue weighted by atomic mass is 9.76. The van der Waals surface area contributed by atoms with Crippen molar-refractivity contribution in [1.82, 2.24) is 9.88 Å². The van der Waals surface area contributed by atoms with Gasteiger partial charge in [-0.25, -0.2) is 0 Å². The monoisotopic (exact) mass is 595 g/mol. The number of hydrogen-bond donors (Lipinski definition) is 1. The van der Waals surface area contributed by atoms with Crippen LogP contribution >= 0.6 is 43.5 Å². The number of rotatable bonds is 6. The second kappa shape index (κ2) is 10.9. The van der Waals surface area contributed by atoms with E-state index in [1.807, 2.05) is 17.2 Å². The number of likely N-dealkylation sites (tertiary alicyclic amines) is 1. The first kappa shape index (κ1) is 24.7. The number of unbranched alkanes of at least 4 members (excludes halogenated alkanes) is 1. The summed E-state index contributed by atoms with van der Waals surface area (Å²) in [4.78, 5) is 30.5. The molecule has 2 N–H and O–H groups in total. The second-order valence-electron chi connectivity index (χ2n) is 9.03. The topological polar surface area (TPSA) is 76.3 Å². The Morgan fingerprint density at radius 3 is 2.48 bits per heavy atom. The SMILES string of the molecule is NC(=O)CCCCC(=O)N1CCC(C2c3ncc(Br)cc3CCc3cc(Cl)cc(Br)c32)CC1. The molecule has 2 aliphatic rings. The summed E-state index contributed by atoms with van der Waals surface area (Å²) < 4.78 is 2.04. The Hall–Kier alpha value is -1.44. The number of hydrogen-bond acceptors (Lipinski definition) is 3. The number of halogens is 3. The lowest BCUT2D eigenvalue weighted by Gasteiger charge is -2.37. The molecule has 1 aliphatic heterocycles. The number of carbonyl (C=O) groups excluding carboxylic acids is 2. The van der Waals surface area contributed by atoms with Crippen LogP contribution in [0.15, 0.2) is 33.3 Å². The van der Waals surface area contributed by atoms with Crippen LogP contribution in [-0.2, 0) is 22.4 Å². The van der Waals surface area contributed by atoms with Gasteiger partial charge in [0.25, 0.3) is 0 Å². The van der Waals surface area contributed by atoms with Gasteiger partial charge in [0, 0.05) is 52.0 Å². The molecule has 33 heavy (non-hydrogen) atoms. The predicted molar refractivity (Wildman–Crippen MR) is 137 cm³/mol. The molecule has 1 unspecified atom stereocenters. The Bertz CT molecular complexity index is 1050. The van der Waals surface area contributed by atoms with E-state index in [-0.39, 0.29) is 17.7 Å². The molecule has 1 aromatic carbocycles. The molecule has 4 rings (SSSR count). The van der Waals surface area contributed by atoms with Gasteiger partial charge in [0.05, 0.1) is 5.69 Å². The number of carbonyl (C=O) groups is 2. The summed E-state index contributed by atoms with van der Waals surface area (Å²) in [5.41, 5.74) is 10.2. The third-order valence-electron chi connectivity index (χ3n) is 6.84. The Labute approximate surface area is 216 Å². The molecule has 1 aromatic heterocycles. The van der Waals surface area contributed by atoms with E-state index in [1.54, 1.807) is 0 Å². The van der Waals surface area contributed by atoms with Crippen LogP contribution in [0.1, 0.15) is 66.8 Å². The Morgan fingerprint density at radius 1 is 1.06 bits per heavy atom. The van der Waals surface area contributed by atoms with Crippen LogP contribution in [-0.4, -0.2) is 34.8 Å². The zero-order chi connectivity index (χ0) is 23.5. The highest BCUT2D eigenvalue weighted by atomic mass is 79.9. The standard InChI is InChI=1S/C25H28Br2ClN3O2/c26-18-11-17-6-5-16-12-19(28)13-20(27)23(16)24(25(17)30-14-18)15-7-9-31(10-8-15)22(33)4-2-1-3-21(29)32/h11-15,24H,1-10H2,(H2,29,32). The molecule has 1 aliphatic carbocycles. The van der Waals surface area contributed by atoms with Crippen molar-refractivity contribution in [2.45, 2.75) is 57.3 Å². The number of fused-ring (bicyclic) bond motifs is 2. The zero-order valence-electron chi connectivity index (χ0n) is 18.5. The van der Waals surface area contributed by atoms with Crippen LogP contribution in [0.4, 0.5) is 0 Å². The summed E-state index contributed by atoms with van der Waals surface area (Å²) in [6, 6.07) is 6.28. The molecule has 2 heterocycles. The van der Waals surface area contributed by atoms with Gasteiger partial charge in [-0.3, -0.25) is 14.6 Å². The van der Waals surface area contributed by atoms with Crippen LogP contribution in [0, 0.1) is 5.92 Å². The van der Waals surface area contributed by atoms with Crippen molar-refractivity contribution in [2.75, 3.05) is 13.1 Å². The van der Waals surface area contributed by atoms with Gasteiger partial charge in [0.15, 0.2) is 0 Å². The van der Waals surface area contributed by atoms with Crippen molar-refractivity contribution in [3.05, 3.63) is 60.7 Å². The molecule has 1 saturated heterocycles. The van der Waals surface area contributed by atoms with Crippen LogP contribution in [0.2, 0.25) is 5.02 Å². The summed E-state index contributed by atoms with van der Waals surface area (Å²) in [6.45, 7) is 1.50. The summed E-state index contributed by atoms with van der Waals surface area (Å²) in [5.74, 6) is 0.436. The first-order chi connectivity index (χ1) is 15.8. The zero-order valence-corrected chi connectivity index (χ0v) is 22.4. The number of aromatic nitrogens is 1. The molecule has 1 fully saturated rings. The molecule has 5 nitrogen and oxygen atoms in total. The van der Waals surface area contributed by atoms with Gasteiger partial charge in [-0.1, -0.05) is 27.5 Å². The number of nitrogens with two attached hydrogens (primary N) is 1. The lowest BCUT2D eigenvalue weighted by molar-refractivity contribution is -0.133. The molecule has 2 amide bonds. The highest BCUT2D eigenvalue weighted by Crippen LogP contribution is 2.46. The van der Waals surface area contributed by atoms with Crippen molar-refractivity contribution in [1.29, 1.82) is 0 Å². The van der Waals surface area contributed by atoms with Crippen LogP contribution in [0.3, 0.4) is 0 Å². The van der Waals surface area contributed by atoms with Gasteiger partial charge in [-0.15, -0.1) is 0 Å². The normalized spacial score (nSPS) is 18.4. The van der Waals surface area contributed by atoms with E-state index in [4.69, 9.17) is 22.3 Å². The number of amides is 2. The minimum absolute atomic E-state index is 0.171. The number of piperidine rings is 1. The van der Waals surface area contributed by atoms with Gasteiger partial charge in [0.1, 0.15) is 0 Å².